The maximum atomic E-state index is 14.2. The molecule has 0 spiro atoms. The predicted octanol–water partition coefficient (Wildman–Crippen LogP) is 2.22. The molecule has 0 radical (unpaired) electrons. The number of halogens is 3. The van der Waals surface area contributed by atoms with Gasteiger partial charge >= 0.3 is 0 Å². The van der Waals surface area contributed by atoms with E-state index in [-0.39, 0.29) is 0 Å². The summed E-state index contributed by atoms with van der Waals surface area (Å²) in [6, 6.07) is 3.81. The van der Waals surface area contributed by atoms with Crippen LogP contribution >= 0.6 is 11.6 Å². The summed E-state index contributed by atoms with van der Waals surface area (Å²) in [7, 11) is 0. The van der Waals surface area contributed by atoms with Crippen LogP contribution in [0.4, 0.5) is 8.78 Å². The molecule has 1 fully saturated rings. The number of rotatable bonds is 4. The molecule has 2 N–H and O–H groups in total. The Morgan fingerprint density at radius 2 is 2.05 bits per heavy atom. The van der Waals surface area contributed by atoms with Gasteiger partial charge in [-0.2, -0.15) is 0 Å². The minimum Gasteiger partial charge on any atom is -0.390 e. The minimum absolute atomic E-state index is 0.493. The lowest BCUT2D eigenvalue weighted by Crippen LogP contribution is -2.51. The molecular weight excluding hydrogens is 286 g/mol. The lowest BCUT2D eigenvalue weighted by Gasteiger charge is -2.38. The van der Waals surface area contributed by atoms with E-state index in [4.69, 9.17) is 16.7 Å². The molecule has 1 aromatic carbocycles. The molecule has 1 aromatic rings. The summed E-state index contributed by atoms with van der Waals surface area (Å²) in [6.45, 7) is 3.03. The van der Waals surface area contributed by atoms with Crippen molar-refractivity contribution in [1.82, 2.24) is 10.2 Å². The van der Waals surface area contributed by atoms with Crippen molar-refractivity contribution in [1.29, 1.82) is 0 Å². The molecule has 0 aliphatic carbocycles. The number of alkyl halides is 2. The summed E-state index contributed by atoms with van der Waals surface area (Å²) in [5.74, 6) is -3.18. The van der Waals surface area contributed by atoms with Gasteiger partial charge in [-0.05, 0) is 24.1 Å². The monoisotopic (exact) mass is 304 g/mol. The van der Waals surface area contributed by atoms with E-state index in [0.717, 1.165) is 5.56 Å². The maximum absolute atomic E-state index is 14.2. The Labute approximate surface area is 122 Å². The van der Waals surface area contributed by atoms with Crippen LogP contribution in [-0.4, -0.2) is 48.7 Å². The highest BCUT2D eigenvalue weighted by Gasteiger charge is 2.44. The molecule has 1 saturated heterocycles. The first kappa shape index (κ1) is 15.6. The lowest BCUT2D eigenvalue weighted by molar-refractivity contribution is -0.118. The number of piperazine rings is 1. The maximum Gasteiger partial charge on any atom is 0.289 e. The first-order chi connectivity index (χ1) is 9.45. The van der Waals surface area contributed by atoms with Crippen LogP contribution in [0.1, 0.15) is 17.2 Å². The molecule has 2 rings (SSSR count). The van der Waals surface area contributed by atoms with Crippen LogP contribution in [0.3, 0.4) is 0 Å². The molecule has 0 amide bonds. The smallest absolute Gasteiger partial charge is 0.289 e. The number of nitrogens with zero attached hydrogens (tertiary/aromatic N) is 1. The zero-order valence-corrected chi connectivity index (χ0v) is 12.1. The van der Waals surface area contributed by atoms with Gasteiger partial charge in [-0.15, -0.1) is 0 Å². The SMILES string of the molecule is Cc1cc([C@@H](N2CCNCC2)C(F)(F)CO)ccc1Cl. The van der Waals surface area contributed by atoms with E-state index in [1.54, 1.807) is 30.0 Å². The third kappa shape index (κ3) is 3.28. The molecule has 1 heterocycles. The van der Waals surface area contributed by atoms with Crippen molar-refractivity contribution in [3.05, 3.63) is 34.3 Å². The van der Waals surface area contributed by atoms with Gasteiger partial charge in [-0.3, -0.25) is 4.90 Å². The molecule has 0 unspecified atom stereocenters. The van der Waals surface area contributed by atoms with Crippen molar-refractivity contribution in [2.24, 2.45) is 0 Å². The highest BCUT2D eigenvalue weighted by Crippen LogP contribution is 2.37. The second kappa shape index (κ2) is 6.35. The number of hydrogen-bond donors (Lipinski definition) is 2. The average molecular weight is 305 g/mol. The van der Waals surface area contributed by atoms with Gasteiger partial charge in [0.1, 0.15) is 12.6 Å². The Bertz CT molecular complexity index is 464. The van der Waals surface area contributed by atoms with Crippen molar-refractivity contribution >= 4 is 11.6 Å². The summed E-state index contributed by atoms with van der Waals surface area (Å²) < 4.78 is 28.3. The molecule has 0 aromatic heterocycles. The van der Waals surface area contributed by atoms with Crippen LogP contribution in [0.5, 0.6) is 0 Å². The number of nitrogens with one attached hydrogen (secondary N) is 1. The fraction of sp³-hybridized carbons (Fsp3) is 0.571. The van der Waals surface area contributed by atoms with E-state index in [9.17, 15) is 8.78 Å². The molecule has 6 heteroatoms. The third-order valence-electron chi connectivity index (χ3n) is 3.63. The second-order valence-corrected chi connectivity index (χ2v) is 5.52. The summed E-state index contributed by atoms with van der Waals surface area (Å²) >= 11 is 5.96. The molecule has 112 valence electrons. The van der Waals surface area contributed by atoms with Crippen LogP contribution in [0.2, 0.25) is 5.02 Å². The Kier molecular flexibility index (Phi) is 4.96. The number of aliphatic hydroxyl groups excluding tert-OH is 1. The van der Waals surface area contributed by atoms with E-state index >= 15 is 0 Å². The van der Waals surface area contributed by atoms with Gasteiger partial charge in [0.2, 0.25) is 0 Å². The van der Waals surface area contributed by atoms with E-state index in [1.165, 1.54) is 0 Å². The number of hydrogen-bond acceptors (Lipinski definition) is 3. The van der Waals surface area contributed by atoms with Crippen LogP contribution < -0.4 is 5.32 Å². The second-order valence-electron chi connectivity index (χ2n) is 5.12. The predicted molar refractivity (Wildman–Crippen MR) is 75.4 cm³/mol. The molecular formula is C14H19ClF2N2O. The largest absolute Gasteiger partial charge is 0.390 e. The van der Waals surface area contributed by atoms with Crippen LogP contribution in [0.25, 0.3) is 0 Å². The van der Waals surface area contributed by atoms with Gasteiger partial charge in [0.15, 0.2) is 0 Å². The molecule has 0 saturated carbocycles. The molecule has 3 nitrogen and oxygen atoms in total. The van der Waals surface area contributed by atoms with Gasteiger partial charge < -0.3 is 10.4 Å². The third-order valence-corrected chi connectivity index (χ3v) is 4.05. The van der Waals surface area contributed by atoms with Crippen molar-refractivity contribution < 1.29 is 13.9 Å². The van der Waals surface area contributed by atoms with Crippen molar-refractivity contribution in [2.45, 2.75) is 18.9 Å². The quantitative estimate of drug-likeness (QED) is 0.895. The van der Waals surface area contributed by atoms with Crippen molar-refractivity contribution in [2.75, 3.05) is 32.8 Å². The number of aryl methyl sites for hydroxylation is 1. The first-order valence-electron chi connectivity index (χ1n) is 6.65. The van der Waals surface area contributed by atoms with Gasteiger partial charge in [-0.1, -0.05) is 23.7 Å². The van der Waals surface area contributed by atoms with Crippen LogP contribution in [0, 0.1) is 6.92 Å². The van der Waals surface area contributed by atoms with E-state index < -0.39 is 18.6 Å². The fourth-order valence-corrected chi connectivity index (χ4v) is 2.70. The summed E-state index contributed by atoms with van der Waals surface area (Å²) in [5, 5.41) is 12.8. The highest BCUT2D eigenvalue weighted by molar-refractivity contribution is 6.31. The Morgan fingerprint density at radius 1 is 1.40 bits per heavy atom. The van der Waals surface area contributed by atoms with Crippen molar-refractivity contribution in [3.8, 4) is 0 Å². The Hall–Kier alpha value is -0.750. The zero-order valence-electron chi connectivity index (χ0n) is 11.4. The van der Waals surface area contributed by atoms with Gasteiger partial charge in [0, 0.05) is 31.2 Å². The molecule has 0 bridgehead atoms. The van der Waals surface area contributed by atoms with E-state index in [0.29, 0.717) is 36.8 Å². The van der Waals surface area contributed by atoms with E-state index in [2.05, 4.69) is 5.32 Å². The Morgan fingerprint density at radius 3 is 2.60 bits per heavy atom. The number of aliphatic hydroxyl groups is 1. The van der Waals surface area contributed by atoms with Crippen LogP contribution in [0.15, 0.2) is 18.2 Å². The molecule has 1 aliphatic heterocycles. The average Bonchev–Trinajstić information content (AvgIpc) is 2.44. The minimum atomic E-state index is -3.18. The first-order valence-corrected chi connectivity index (χ1v) is 7.03. The van der Waals surface area contributed by atoms with E-state index in [1.807, 2.05) is 0 Å². The Balaban J connectivity index is 2.36. The number of benzene rings is 1. The topological polar surface area (TPSA) is 35.5 Å². The standard InChI is InChI=1S/C14H19ClF2N2O/c1-10-8-11(2-3-12(10)15)13(14(16,17)9-20)19-6-4-18-5-7-19/h2-3,8,13,18,20H,4-7,9H2,1H3/t13-/m1/s1. The zero-order chi connectivity index (χ0) is 14.8. The summed E-state index contributed by atoms with van der Waals surface area (Å²) in [6.07, 6.45) is 0. The molecule has 1 atom stereocenters. The summed E-state index contributed by atoms with van der Waals surface area (Å²) in [4.78, 5) is 1.72. The molecule has 20 heavy (non-hydrogen) atoms. The van der Waals surface area contributed by atoms with Crippen LogP contribution in [-0.2, 0) is 0 Å². The van der Waals surface area contributed by atoms with Gasteiger partial charge in [0.25, 0.3) is 5.92 Å². The van der Waals surface area contributed by atoms with Gasteiger partial charge in [0.05, 0.1) is 0 Å². The fourth-order valence-electron chi connectivity index (χ4n) is 2.59. The van der Waals surface area contributed by atoms with Crippen molar-refractivity contribution in [3.63, 3.8) is 0 Å². The summed E-state index contributed by atoms with van der Waals surface area (Å²) in [5.41, 5.74) is 1.26. The normalized spacial score (nSPS) is 19.1. The highest BCUT2D eigenvalue weighted by atomic mass is 35.5. The van der Waals surface area contributed by atoms with Gasteiger partial charge in [-0.25, -0.2) is 8.78 Å². The molecule has 1 aliphatic rings. The lowest BCUT2D eigenvalue weighted by atomic mass is 9.97.